The fourth-order valence-electron chi connectivity index (χ4n) is 4.25. The minimum Gasteiger partial charge on any atom is -0.494 e. The molecule has 12 heteroatoms. The van der Waals surface area contributed by atoms with E-state index in [0.717, 1.165) is 24.9 Å². The first-order valence-corrected chi connectivity index (χ1v) is 12.6. The van der Waals surface area contributed by atoms with Gasteiger partial charge in [0.2, 0.25) is 0 Å². The molecule has 5 rings (SSSR count). The molecule has 0 atom stereocenters. The van der Waals surface area contributed by atoms with Gasteiger partial charge in [-0.05, 0) is 7.05 Å². The summed E-state index contributed by atoms with van der Waals surface area (Å²) >= 11 is 0. The van der Waals surface area contributed by atoms with Gasteiger partial charge in [-0.25, -0.2) is 15.0 Å². The molecule has 1 aliphatic heterocycles. The standard InChI is InChI=1S/C21H25N7O4.C7H6O/c1-22-19-20(32-4)26-13(10-25-19)16-17-15(14(31-3)11-24-16)12(9-23-17)18(29)21(30)28-7-5-27(2)6-8-28;8-6-7-4-2-1-3-5-7/h9-11,23H,5-8H2,1-4H3,(H,22,25);1-6H. The molecule has 0 saturated carbocycles. The van der Waals surface area contributed by atoms with Crippen molar-refractivity contribution in [3.05, 3.63) is 60.0 Å². The minimum absolute atomic E-state index is 0.233. The number of H-pyrrole nitrogens is 1. The number of rotatable bonds is 7. The summed E-state index contributed by atoms with van der Waals surface area (Å²) in [6, 6.07) is 9.10. The molecule has 1 amide bonds. The lowest BCUT2D eigenvalue weighted by molar-refractivity contribution is -0.127. The lowest BCUT2D eigenvalue weighted by Gasteiger charge is -2.31. The second-order valence-corrected chi connectivity index (χ2v) is 8.94. The molecule has 0 unspecified atom stereocenters. The van der Waals surface area contributed by atoms with Crippen LogP contribution in [0.4, 0.5) is 5.82 Å². The van der Waals surface area contributed by atoms with E-state index in [-0.39, 0.29) is 5.56 Å². The van der Waals surface area contributed by atoms with Gasteiger partial charge in [0.1, 0.15) is 23.4 Å². The fraction of sp³-hybridized carbons (Fsp3) is 0.286. The van der Waals surface area contributed by atoms with E-state index in [0.29, 0.717) is 52.8 Å². The highest BCUT2D eigenvalue weighted by atomic mass is 16.5. The normalized spacial score (nSPS) is 13.2. The van der Waals surface area contributed by atoms with Crippen molar-refractivity contribution in [3.63, 3.8) is 0 Å². The monoisotopic (exact) mass is 545 g/mol. The van der Waals surface area contributed by atoms with Crippen molar-refractivity contribution in [1.29, 1.82) is 0 Å². The zero-order valence-electron chi connectivity index (χ0n) is 22.8. The summed E-state index contributed by atoms with van der Waals surface area (Å²) in [4.78, 5) is 56.1. The Balaban J connectivity index is 0.000000398. The van der Waals surface area contributed by atoms with Crippen LogP contribution < -0.4 is 14.8 Å². The lowest BCUT2D eigenvalue weighted by Crippen LogP contribution is -2.49. The smallest absolute Gasteiger partial charge is 0.295 e. The van der Waals surface area contributed by atoms with Crippen molar-refractivity contribution in [2.75, 3.05) is 59.8 Å². The van der Waals surface area contributed by atoms with Crippen molar-refractivity contribution >= 4 is 34.7 Å². The number of carbonyl (C=O) groups is 3. The van der Waals surface area contributed by atoms with Gasteiger partial charge in [0.05, 0.1) is 43.1 Å². The number of fused-ring (bicyclic) bond motifs is 1. The zero-order valence-corrected chi connectivity index (χ0v) is 22.8. The van der Waals surface area contributed by atoms with Crippen LogP contribution in [0, 0.1) is 0 Å². The van der Waals surface area contributed by atoms with Crippen LogP contribution in [0.15, 0.2) is 48.9 Å². The first-order valence-electron chi connectivity index (χ1n) is 12.6. The fourth-order valence-corrected chi connectivity index (χ4v) is 4.25. The number of aromatic amines is 1. The van der Waals surface area contributed by atoms with Gasteiger partial charge in [-0.3, -0.25) is 14.4 Å². The van der Waals surface area contributed by atoms with Crippen LogP contribution in [0.2, 0.25) is 0 Å². The van der Waals surface area contributed by atoms with E-state index in [9.17, 15) is 14.4 Å². The quantitative estimate of drug-likeness (QED) is 0.202. The first kappa shape index (κ1) is 28.2. The minimum atomic E-state index is -0.592. The molecule has 0 bridgehead atoms. The van der Waals surface area contributed by atoms with E-state index in [1.165, 1.54) is 26.6 Å². The summed E-state index contributed by atoms with van der Waals surface area (Å²) in [6.45, 7) is 2.49. The van der Waals surface area contributed by atoms with Crippen LogP contribution in [0.3, 0.4) is 0 Å². The number of amides is 1. The van der Waals surface area contributed by atoms with Gasteiger partial charge in [-0.15, -0.1) is 0 Å². The summed E-state index contributed by atoms with van der Waals surface area (Å²) in [6.07, 6.45) is 5.41. The third-order valence-electron chi connectivity index (χ3n) is 6.47. The Morgan fingerprint density at radius 2 is 1.75 bits per heavy atom. The number of methoxy groups -OCH3 is 2. The van der Waals surface area contributed by atoms with E-state index >= 15 is 0 Å². The van der Waals surface area contributed by atoms with Crippen LogP contribution in [-0.2, 0) is 4.79 Å². The number of ketones is 1. The highest BCUT2D eigenvalue weighted by Gasteiger charge is 2.29. The highest BCUT2D eigenvalue weighted by Crippen LogP contribution is 2.35. The molecule has 3 aromatic heterocycles. The van der Waals surface area contributed by atoms with Crippen LogP contribution in [0.25, 0.3) is 22.3 Å². The molecule has 12 nitrogen and oxygen atoms in total. The molecule has 2 N–H and O–H groups in total. The molecule has 0 aliphatic carbocycles. The number of aromatic nitrogens is 4. The first-order chi connectivity index (χ1) is 19.4. The number of aldehydes is 1. The van der Waals surface area contributed by atoms with Crippen molar-refractivity contribution in [1.82, 2.24) is 29.7 Å². The lowest BCUT2D eigenvalue weighted by atomic mass is 10.1. The molecule has 4 heterocycles. The molecule has 4 aromatic rings. The number of nitrogens with one attached hydrogen (secondary N) is 2. The maximum absolute atomic E-state index is 13.1. The average molecular weight is 546 g/mol. The van der Waals surface area contributed by atoms with Gasteiger partial charge in [0.25, 0.3) is 17.6 Å². The van der Waals surface area contributed by atoms with Gasteiger partial charge >= 0.3 is 0 Å². The second kappa shape index (κ2) is 12.8. The molecule has 0 radical (unpaired) electrons. The number of benzene rings is 1. The van der Waals surface area contributed by atoms with Gasteiger partial charge in [0, 0.05) is 45.0 Å². The summed E-state index contributed by atoms with van der Waals surface area (Å²) in [5.41, 5.74) is 2.39. The average Bonchev–Trinajstić information content (AvgIpc) is 3.46. The third kappa shape index (κ3) is 5.91. The van der Waals surface area contributed by atoms with Gasteiger partial charge < -0.3 is 29.6 Å². The topological polar surface area (TPSA) is 143 Å². The molecule has 1 saturated heterocycles. The number of hydrogen-bond acceptors (Lipinski definition) is 10. The summed E-state index contributed by atoms with van der Waals surface area (Å²) < 4.78 is 10.7. The Kier molecular flexibility index (Phi) is 9.02. The number of piperazine rings is 1. The van der Waals surface area contributed by atoms with Crippen molar-refractivity contribution < 1.29 is 23.9 Å². The SMILES string of the molecule is CNc1ncc(-c2ncc(OC)c3c(C(=O)C(=O)N4CCN(C)CC4)c[nH]c23)nc1OC.O=Cc1ccccc1. The van der Waals surface area contributed by atoms with Crippen LogP contribution in [0.1, 0.15) is 20.7 Å². The maximum atomic E-state index is 13.1. The van der Waals surface area contributed by atoms with Crippen molar-refractivity contribution in [2.24, 2.45) is 0 Å². The molecule has 0 spiro atoms. The number of carbonyl (C=O) groups excluding carboxylic acids is 3. The Labute approximate surface area is 231 Å². The molecule has 208 valence electrons. The van der Waals surface area contributed by atoms with Gasteiger partial charge in [-0.2, -0.15) is 0 Å². The molecule has 1 aliphatic rings. The Bertz CT molecular complexity index is 1500. The summed E-state index contributed by atoms with van der Waals surface area (Å²) in [5, 5.41) is 3.38. The largest absolute Gasteiger partial charge is 0.494 e. The van der Waals surface area contributed by atoms with Gasteiger partial charge in [-0.1, -0.05) is 30.3 Å². The van der Waals surface area contributed by atoms with Crippen LogP contribution >= 0.6 is 0 Å². The van der Waals surface area contributed by atoms with Crippen molar-refractivity contribution in [2.45, 2.75) is 0 Å². The highest BCUT2D eigenvalue weighted by molar-refractivity contribution is 6.45. The Morgan fingerprint density at radius 3 is 2.35 bits per heavy atom. The number of ether oxygens (including phenoxy) is 2. The summed E-state index contributed by atoms with van der Waals surface area (Å²) in [7, 11) is 6.70. The third-order valence-corrected chi connectivity index (χ3v) is 6.47. The van der Waals surface area contributed by atoms with E-state index in [1.807, 2.05) is 25.2 Å². The number of anilines is 1. The molecule has 40 heavy (non-hydrogen) atoms. The number of hydrogen-bond donors (Lipinski definition) is 2. The molecule has 1 aromatic carbocycles. The maximum Gasteiger partial charge on any atom is 0.295 e. The summed E-state index contributed by atoms with van der Waals surface area (Å²) in [5.74, 6) is 0.0565. The predicted octanol–water partition coefficient (Wildman–Crippen LogP) is 2.53. The number of pyridine rings is 1. The molecule has 1 fully saturated rings. The van der Waals surface area contributed by atoms with Crippen molar-refractivity contribution in [3.8, 4) is 23.0 Å². The number of likely N-dealkylation sites (N-methyl/N-ethyl adjacent to an activating group) is 1. The Morgan fingerprint density at radius 1 is 1.02 bits per heavy atom. The second-order valence-electron chi connectivity index (χ2n) is 8.94. The number of nitrogens with zero attached hydrogens (tertiary/aromatic N) is 5. The predicted molar refractivity (Wildman–Crippen MR) is 150 cm³/mol. The Hall–Kier alpha value is -4.84. The van der Waals surface area contributed by atoms with Gasteiger partial charge in [0.15, 0.2) is 5.82 Å². The van der Waals surface area contributed by atoms with E-state index in [2.05, 4.69) is 30.2 Å². The van der Waals surface area contributed by atoms with Crippen LogP contribution in [-0.4, -0.2) is 102 Å². The van der Waals surface area contributed by atoms with E-state index < -0.39 is 11.7 Å². The number of Topliss-reactive ketones (excluding diaryl/α,β-unsaturated/α-hetero) is 1. The van der Waals surface area contributed by atoms with E-state index in [1.54, 1.807) is 30.3 Å². The van der Waals surface area contributed by atoms with E-state index in [4.69, 9.17) is 9.47 Å². The zero-order chi connectivity index (χ0) is 28.6. The molecular formula is C28H31N7O5. The molecular weight excluding hydrogens is 514 g/mol. The van der Waals surface area contributed by atoms with Crippen LogP contribution in [0.5, 0.6) is 11.6 Å².